The number of hydrogen-bond acceptors (Lipinski definition) is 2. The van der Waals surface area contributed by atoms with Gasteiger partial charge >= 0.3 is 0 Å². The standard InChI is InChI=1S/C12H16F2O2/c1-3-8(2)16-7-11(15)9-5-4-6-10(13)12(9)14/h4-6,8,11,15H,3,7H2,1-2H3. The Morgan fingerprint density at radius 3 is 2.69 bits per heavy atom. The summed E-state index contributed by atoms with van der Waals surface area (Å²) in [7, 11) is 0. The van der Waals surface area contributed by atoms with E-state index in [4.69, 9.17) is 4.74 Å². The van der Waals surface area contributed by atoms with Crippen LogP contribution in [0.25, 0.3) is 0 Å². The van der Waals surface area contributed by atoms with Crippen LogP contribution in [0.3, 0.4) is 0 Å². The van der Waals surface area contributed by atoms with Crippen LogP contribution in [-0.2, 0) is 4.74 Å². The zero-order valence-corrected chi connectivity index (χ0v) is 9.41. The fraction of sp³-hybridized carbons (Fsp3) is 0.500. The molecule has 1 aromatic rings. The van der Waals surface area contributed by atoms with E-state index in [2.05, 4.69) is 0 Å². The number of ether oxygens (including phenoxy) is 1. The van der Waals surface area contributed by atoms with E-state index < -0.39 is 17.7 Å². The molecule has 0 aliphatic heterocycles. The van der Waals surface area contributed by atoms with E-state index in [1.807, 2.05) is 13.8 Å². The molecule has 0 aliphatic carbocycles. The van der Waals surface area contributed by atoms with Crippen molar-refractivity contribution in [3.05, 3.63) is 35.4 Å². The molecule has 16 heavy (non-hydrogen) atoms. The van der Waals surface area contributed by atoms with Crippen molar-refractivity contribution in [3.63, 3.8) is 0 Å². The van der Waals surface area contributed by atoms with E-state index in [0.29, 0.717) is 0 Å². The van der Waals surface area contributed by atoms with Crippen LogP contribution in [0.1, 0.15) is 31.9 Å². The molecule has 0 saturated heterocycles. The lowest BCUT2D eigenvalue weighted by Gasteiger charge is -2.16. The van der Waals surface area contributed by atoms with Crippen molar-refractivity contribution in [1.82, 2.24) is 0 Å². The van der Waals surface area contributed by atoms with Gasteiger partial charge in [0.05, 0.1) is 12.7 Å². The summed E-state index contributed by atoms with van der Waals surface area (Å²) in [5.74, 6) is -1.97. The van der Waals surface area contributed by atoms with Crippen LogP contribution in [0, 0.1) is 11.6 Å². The minimum atomic E-state index is -1.13. The van der Waals surface area contributed by atoms with Gasteiger partial charge in [-0.15, -0.1) is 0 Å². The summed E-state index contributed by atoms with van der Waals surface area (Å²) in [5.41, 5.74) is -0.0664. The third kappa shape index (κ3) is 3.25. The maximum Gasteiger partial charge on any atom is 0.164 e. The van der Waals surface area contributed by atoms with Crippen LogP contribution in [-0.4, -0.2) is 17.8 Å². The summed E-state index contributed by atoms with van der Waals surface area (Å²) in [6, 6.07) is 3.73. The molecular formula is C12H16F2O2. The molecular weight excluding hydrogens is 214 g/mol. The molecule has 0 saturated carbocycles. The van der Waals surface area contributed by atoms with Gasteiger partial charge in [0.25, 0.3) is 0 Å². The number of benzene rings is 1. The minimum Gasteiger partial charge on any atom is -0.386 e. The third-order valence-corrected chi connectivity index (χ3v) is 2.45. The van der Waals surface area contributed by atoms with Gasteiger partial charge in [-0.1, -0.05) is 19.1 Å². The number of aliphatic hydroxyl groups excluding tert-OH is 1. The molecule has 0 radical (unpaired) electrons. The molecule has 0 spiro atoms. The Kier molecular flexibility index (Phi) is 4.83. The normalized spacial score (nSPS) is 14.8. The average Bonchev–Trinajstić information content (AvgIpc) is 2.29. The topological polar surface area (TPSA) is 29.5 Å². The van der Waals surface area contributed by atoms with Crippen LogP contribution in [0.15, 0.2) is 18.2 Å². The van der Waals surface area contributed by atoms with Gasteiger partial charge in [0.2, 0.25) is 0 Å². The summed E-state index contributed by atoms with van der Waals surface area (Å²) < 4.78 is 31.4. The molecule has 90 valence electrons. The lowest BCUT2D eigenvalue weighted by atomic mass is 10.1. The highest BCUT2D eigenvalue weighted by Gasteiger charge is 2.16. The number of aliphatic hydroxyl groups is 1. The van der Waals surface area contributed by atoms with Gasteiger partial charge in [0, 0.05) is 5.56 Å². The Morgan fingerprint density at radius 2 is 2.06 bits per heavy atom. The first-order chi connectivity index (χ1) is 7.56. The summed E-state index contributed by atoms with van der Waals surface area (Å²) in [5, 5.41) is 9.64. The Labute approximate surface area is 93.9 Å². The molecule has 2 atom stereocenters. The van der Waals surface area contributed by atoms with Crippen LogP contribution < -0.4 is 0 Å². The van der Waals surface area contributed by atoms with Crippen molar-refractivity contribution in [2.75, 3.05) is 6.61 Å². The molecule has 4 heteroatoms. The molecule has 0 heterocycles. The highest BCUT2D eigenvalue weighted by atomic mass is 19.2. The van der Waals surface area contributed by atoms with Crippen LogP contribution >= 0.6 is 0 Å². The first-order valence-electron chi connectivity index (χ1n) is 5.29. The van der Waals surface area contributed by atoms with Crippen molar-refractivity contribution in [1.29, 1.82) is 0 Å². The molecule has 0 aliphatic rings. The van der Waals surface area contributed by atoms with Gasteiger partial charge in [0.15, 0.2) is 11.6 Å². The first-order valence-corrected chi connectivity index (χ1v) is 5.29. The second kappa shape index (κ2) is 5.92. The number of rotatable bonds is 5. The lowest BCUT2D eigenvalue weighted by Crippen LogP contribution is -2.15. The third-order valence-electron chi connectivity index (χ3n) is 2.45. The zero-order chi connectivity index (χ0) is 12.1. The molecule has 0 bridgehead atoms. The Bertz CT molecular complexity index is 342. The fourth-order valence-corrected chi connectivity index (χ4v) is 1.24. The quantitative estimate of drug-likeness (QED) is 0.842. The molecule has 1 rings (SSSR count). The van der Waals surface area contributed by atoms with Gasteiger partial charge in [-0.2, -0.15) is 0 Å². The van der Waals surface area contributed by atoms with Gasteiger partial charge in [-0.3, -0.25) is 0 Å². The van der Waals surface area contributed by atoms with Crippen molar-refractivity contribution < 1.29 is 18.6 Å². The monoisotopic (exact) mass is 230 g/mol. The van der Waals surface area contributed by atoms with E-state index in [-0.39, 0.29) is 18.3 Å². The molecule has 2 unspecified atom stereocenters. The van der Waals surface area contributed by atoms with E-state index in [0.717, 1.165) is 12.5 Å². The Balaban J connectivity index is 2.66. The van der Waals surface area contributed by atoms with Gasteiger partial charge < -0.3 is 9.84 Å². The van der Waals surface area contributed by atoms with Gasteiger partial charge in [0.1, 0.15) is 6.10 Å². The molecule has 0 aromatic heterocycles. The molecule has 2 nitrogen and oxygen atoms in total. The zero-order valence-electron chi connectivity index (χ0n) is 9.41. The predicted molar refractivity (Wildman–Crippen MR) is 57.0 cm³/mol. The molecule has 0 fully saturated rings. The second-order valence-electron chi connectivity index (χ2n) is 3.71. The maximum atomic E-state index is 13.3. The second-order valence-corrected chi connectivity index (χ2v) is 3.71. The van der Waals surface area contributed by atoms with Gasteiger partial charge in [-0.25, -0.2) is 8.78 Å². The van der Waals surface area contributed by atoms with Crippen molar-refractivity contribution in [2.24, 2.45) is 0 Å². The number of hydrogen-bond donors (Lipinski definition) is 1. The SMILES string of the molecule is CCC(C)OCC(O)c1cccc(F)c1F. The minimum absolute atomic E-state index is 0.00808. The maximum absolute atomic E-state index is 13.3. The summed E-state index contributed by atoms with van der Waals surface area (Å²) in [6.45, 7) is 3.77. The van der Waals surface area contributed by atoms with Crippen LogP contribution in [0.4, 0.5) is 8.78 Å². The Hall–Kier alpha value is -1.00. The highest BCUT2D eigenvalue weighted by Crippen LogP contribution is 2.19. The van der Waals surface area contributed by atoms with Gasteiger partial charge in [-0.05, 0) is 19.4 Å². The lowest BCUT2D eigenvalue weighted by molar-refractivity contribution is -0.00516. The smallest absolute Gasteiger partial charge is 0.164 e. The van der Waals surface area contributed by atoms with E-state index in [9.17, 15) is 13.9 Å². The van der Waals surface area contributed by atoms with Crippen molar-refractivity contribution in [2.45, 2.75) is 32.5 Å². The predicted octanol–water partition coefficient (Wildman–Crippen LogP) is 2.81. The fourth-order valence-electron chi connectivity index (χ4n) is 1.24. The molecule has 1 aromatic carbocycles. The van der Waals surface area contributed by atoms with E-state index >= 15 is 0 Å². The van der Waals surface area contributed by atoms with E-state index in [1.54, 1.807) is 0 Å². The Morgan fingerprint density at radius 1 is 1.38 bits per heavy atom. The molecule has 0 amide bonds. The summed E-state index contributed by atoms with van der Waals surface area (Å²) in [6.07, 6.45) is -0.339. The molecule has 1 N–H and O–H groups in total. The van der Waals surface area contributed by atoms with Crippen molar-refractivity contribution in [3.8, 4) is 0 Å². The number of halogens is 2. The van der Waals surface area contributed by atoms with Crippen LogP contribution in [0.2, 0.25) is 0 Å². The van der Waals surface area contributed by atoms with Crippen LogP contribution in [0.5, 0.6) is 0 Å². The summed E-state index contributed by atoms with van der Waals surface area (Å²) >= 11 is 0. The first kappa shape index (κ1) is 13.1. The largest absolute Gasteiger partial charge is 0.386 e. The highest BCUT2D eigenvalue weighted by molar-refractivity contribution is 5.21. The van der Waals surface area contributed by atoms with Crippen molar-refractivity contribution >= 4 is 0 Å². The van der Waals surface area contributed by atoms with E-state index in [1.165, 1.54) is 12.1 Å². The summed E-state index contributed by atoms with van der Waals surface area (Å²) in [4.78, 5) is 0. The average molecular weight is 230 g/mol.